The second kappa shape index (κ2) is 14.0. The van der Waals surface area contributed by atoms with Crippen LogP contribution in [-0.2, 0) is 11.2 Å². The number of hydrogen-bond acceptors (Lipinski definition) is 5. The normalized spacial score (nSPS) is 11.1. The standard InChI is InChI=1S/C28H31N3O2S/c1-2-3-4-5-6-10-17-33-25-15-13-23(14-16-25)18-24(20-29)27(32)31-28-30-21-26(34-28)19-22-11-8-7-9-12-22/h7-9,11-16,18,21H,2-6,10,17,19H2,1H3,(H,30,31,32)/b24-18+. The van der Waals surface area contributed by atoms with Crippen LogP contribution in [0.1, 0.15) is 61.5 Å². The summed E-state index contributed by atoms with van der Waals surface area (Å²) in [7, 11) is 0. The molecule has 5 nitrogen and oxygen atoms in total. The van der Waals surface area contributed by atoms with Crippen molar-refractivity contribution in [1.82, 2.24) is 4.98 Å². The van der Waals surface area contributed by atoms with Crippen molar-refractivity contribution < 1.29 is 9.53 Å². The molecule has 0 saturated heterocycles. The van der Waals surface area contributed by atoms with Crippen LogP contribution >= 0.6 is 11.3 Å². The van der Waals surface area contributed by atoms with Crippen molar-refractivity contribution in [3.05, 3.63) is 82.4 Å². The molecule has 1 aromatic heterocycles. The number of carbonyl (C=O) groups excluding carboxylic acids is 1. The van der Waals surface area contributed by atoms with Crippen molar-refractivity contribution >= 4 is 28.5 Å². The second-order valence-electron chi connectivity index (χ2n) is 8.10. The van der Waals surface area contributed by atoms with Crippen molar-refractivity contribution in [1.29, 1.82) is 5.26 Å². The van der Waals surface area contributed by atoms with E-state index in [1.54, 1.807) is 12.3 Å². The SMILES string of the molecule is CCCCCCCCOc1ccc(/C=C(\C#N)C(=O)Nc2ncc(Cc3ccccc3)s2)cc1. The van der Waals surface area contributed by atoms with E-state index in [4.69, 9.17) is 4.74 Å². The fourth-order valence-electron chi connectivity index (χ4n) is 3.46. The summed E-state index contributed by atoms with van der Waals surface area (Å²) in [6.45, 7) is 2.92. The Bertz CT molecular complexity index is 1100. The van der Waals surface area contributed by atoms with Crippen LogP contribution in [0.15, 0.2) is 66.4 Å². The first-order valence-corrected chi connectivity index (χ1v) is 12.6. The maximum atomic E-state index is 12.6. The number of nitrogens with one attached hydrogen (secondary N) is 1. The number of carbonyl (C=O) groups is 1. The van der Waals surface area contributed by atoms with Gasteiger partial charge in [0.1, 0.15) is 17.4 Å². The third-order valence-corrected chi connectivity index (χ3v) is 6.23. The second-order valence-corrected chi connectivity index (χ2v) is 9.22. The predicted octanol–water partition coefficient (Wildman–Crippen LogP) is 7.02. The Morgan fingerprint density at radius 2 is 1.79 bits per heavy atom. The molecular weight excluding hydrogens is 442 g/mol. The molecule has 0 aliphatic rings. The van der Waals surface area contributed by atoms with Crippen molar-refractivity contribution in [2.75, 3.05) is 11.9 Å². The predicted molar refractivity (Wildman–Crippen MR) is 139 cm³/mol. The largest absolute Gasteiger partial charge is 0.494 e. The number of hydrogen-bond donors (Lipinski definition) is 1. The highest BCUT2D eigenvalue weighted by molar-refractivity contribution is 7.15. The van der Waals surface area contributed by atoms with Crippen LogP contribution in [0.3, 0.4) is 0 Å². The number of nitrogens with zero attached hydrogens (tertiary/aromatic N) is 2. The van der Waals surface area contributed by atoms with Gasteiger partial charge in [0.15, 0.2) is 5.13 Å². The van der Waals surface area contributed by atoms with Crippen molar-refractivity contribution in [2.45, 2.75) is 51.9 Å². The Morgan fingerprint density at radius 3 is 2.53 bits per heavy atom. The van der Waals surface area contributed by atoms with Crippen LogP contribution in [-0.4, -0.2) is 17.5 Å². The van der Waals surface area contributed by atoms with Crippen LogP contribution in [0.25, 0.3) is 6.08 Å². The van der Waals surface area contributed by atoms with Gasteiger partial charge in [-0.15, -0.1) is 11.3 Å². The van der Waals surface area contributed by atoms with Gasteiger partial charge in [-0.05, 0) is 35.8 Å². The van der Waals surface area contributed by atoms with E-state index < -0.39 is 5.91 Å². The minimum atomic E-state index is -0.466. The maximum Gasteiger partial charge on any atom is 0.268 e. The summed E-state index contributed by atoms with van der Waals surface area (Å²) in [6, 6.07) is 19.5. The van der Waals surface area contributed by atoms with Gasteiger partial charge in [-0.3, -0.25) is 10.1 Å². The van der Waals surface area contributed by atoms with Gasteiger partial charge >= 0.3 is 0 Å². The lowest BCUT2D eigenvalue weighted by atomic mass is 10.1. The summed E-state index contributed by atoms with van der Waals surface area (Å²) in [4.78, 5) is 17.9. The molecule has 2 aromatic carbocycles. The number of benzene rings is 2. The van der Waals surface area contributed by atoms with Crippen LogP contribution in [0.4, 0.5) is 5.13 Å². The Hall–Kier alpha value is -3.43. The van der Waals surface area contributed by atoms with E-state index in [1.165, 1.54) is 49.0 Å². The van der Waals surface area contributed by atoms with E-state index in [1.807, 2.05) is 48.5 Å². The molecule has 3 rings (SSSR count). The zero-order valence-electron chi connectivity index (χ0n) is 19.6. The van der Waals surface area contributed by atoms with E-state index in [0.717, 1.165) is 29.0 Å². The van der Waals surface area contributed by atoms with Crippen LogP contribution in [0, 0.1) is 11.3 Å². The molecule has 0 aliphatic carbocycles. The van der Waals surface area contributed by atoms with Gasteiger partial charge in [0, 0.05) is 17.5 Å². The molecule has 0 fully saturated rings. The molecule has 0 atom stereocenters. The zero-order valence-corrected chi connectivity index (χ0v) is 20.4. The van der Waals surface area contributed by atoms with Crippen LogP contribution < -0.4 is 10.1 Å². The third-order valence-electron chi connectivity index (χ3n) is 5.32. The lowest BCUT2D eigenvalue weighted by molar-refractivity contribution is -0.112. The minimum absolute atomic E-state index is 0.0283. The highest BCUT2D eigenvalue weighted by Gasteiger charge is 2.12. The average molecular weight is 474 g/mol. The number of anilines is 1. The molecule has 1 amide bonds. The molecule has 0 spiro atoms. The number of ether oxygens (including phenoxy) is 1. The van der Waals surface area contributed by atoms with E-state index in [2.05, 4.69) is 29.4 Å². The van der Waals surface area contributed by atoms with Gasteiger partial charge in [-0.25, -0.2) is 4.98 Å². The molecule has 3 aromatic rings. The maximum absolute atomic E-state index is 12.6. The number of rotatable bonds is 13. The molecule has 0 unspecified atom stereocenters. The minimum Gasteiger partial charge on any atom is -0.494 e. The Balaban J connectivity index is 1.49. The molecule has 6 heteroatoms. The van der Waals surface area contributed by atoms with Crippen molar-refractivity contribution in [3.8, 4) is 11.8 Å². The molecule has 34 heavy (non-hydrogen) atoms. The first kappa shape index (κ1) is 25.2. The summed E-state index contributed by atoms with van der Waals surface area (Å²) in [6.07, 6.45) is 11.4. The number of nitriles is 1. The molecule has 0 aliphatic heterocycles. The summed E-state index contributed by atoms with van der Waals surface area (Å²) in [5.74, 6) is 0.328. The fraction of sp³-hybridized carbons (Fsp3) is 0.321. The third kappa shape index (κ3) is 8.49. The van der Waals surface area contributed by atoms with Gasteiger partial charge < -0.3 is 4.74 Å². The summed E-state index contributed by atoms with van der Waals surface area (Å²) in [5, 5.41) is 12.7. The fourth-order valence-corrected chi connectivity index (χ4v) is 4.30. The smallest absolute Gasteiger partial charge is 0.268 e. The molecule has 0 saturated carbocycles. The number of amides is 1. The van der Waals surface area contributed by atoms with Crippen molar-refractivity contribution in [3.63, 3.8) is 0 Å². The molecule has 1 heterocycles. The average Bonchev–Trinajstić information content (AvgIpc) is 3.29. The van der Waals surface area contributed by atoms with Gasteiger partial charge in [0.25, 0.3) is 5.91 Å². The first-order valence-electron chi connectivity index (χ1n) is 11.8. The Morgan fingerprint density at radius 1 is 1.06 bits per heavy atom. The van der Waals surface area contributed by atoms with Gasteiger partial charge in [-0.1, -0.05) is 81.5 Å². The van der Waals surface area contributed by atoms with Crippen molar-refractivity contribution in [2.24, 2.45) is 0 Å². The molecule has 1 N–H and O–H groups in total. The number of thiazole rings is 1. The van der Waals surface area contributed by atoms with E-state index in [9.17, 15) is 10.1 Å². The van der Waals surface area contributed by atoms with E-state index in [-0.39, 0.29) is 5.57 Å². The number of aromatic nitrogens is 1. The van der Waals surface area contributed by atoms with Gasteiger partial charge in [0.2, 0.25) is 0 Å². The lowest BCUT2D eigenvalue weighted by Crippen LogP contribution is -2.13. The topological polar surface area (TPSA) is 75.0 Å². The van der Waals surface area contributed by atoms with E-state index >= 15 is 0 Å². The molecular formula is C28H31N3O2S. The highest BCUT2D eigenvalue weighted by atomic mass is 32.1. The summed E-state index contributed by atoms with van der Waals surface area (Å²) < 4.78 is 5.80. The zero-order chi connectivity index (χ0) is 24.0. The molecule has 0 bridgehead atoms. The Kier molecular flexibility index (Phi) is 10.4. The monoisotopic (exact) mass is 473 g/mol. The first-order chi connectivity index (χ1) is 16.7. The number of unbranched alkanes of at least 4 members (excludes halogenated alkanes) is 5. The quantitative estimate of drug-likeness (QED) is 0.164. The molecule has 176 valence electrons. The summed E-state index contributed by atoms with van der Waals surface area (Å²) in [5.41, 5.74) is 1.98. The Labute approximate surface area is 206 Å². The summed E-state index contributed by atoms with van der Waals surface area (Å²) >= 11 is 1.41. The van der Waals surface area contributed by atoms with Gasteiger partial charge in [0.05, 0.1) is 6.61 Å². The van der Waals surface area contributed by atoms with E-state index in [0.29, 0.717) is 11.7 Å². The lowest BCUT2D eigenvalue weighted by Gasteiger charge is -2.06. The highest BCUT2D eigenvalue weighted by Crippen LogP contribution is 2.22. The van der Waals surface area contributed by atoms with Crippen LogP contribution in [0.5, 0.6) is 5.75 Å². The van der Waals surface area contributed by atoms with Crippen LogP contribution in [0.2, 0.25) is 0 Å². The molecule has 0 radical (unpaired) electrons. The van der Waals surface area contributed by atoms with Gasteiger partial charge in [-0.2, -0.15) is 5.26 Å².